The molecular weight excluding hydrogens is 242 g/mol. The number of anilines is 1. The van der Waals surface area contributed by atoms with Crippen LogP contribution in [0.3, 0.4) is 0 Å². The number of benzene rings is 1. The summed E-state index contributed by atoms with van der Waals surface area (Å²) < 4.78 is 5.12. The Morgan fingerprint density at radius 3 is 2.95 bits per heavy atom. The molecule has 0 aliphatic heterocycles. The molecule has 0 aliphatic rings. The van der Waals surface area contributed by atoms with Crippen molar-refractivity contribution >= 4 is 11.7 Å². The van der Waals surface area contributed by atoms with Gasteiger partial charge in [-0.25, -0.2) is 0 Å². The van der Waals surface area contributed by atoms with E-state index in [1.807, 2.05) is 37.3 Å². The fourth-order valence-corrected chi connectivity index (χ4v) is 1.76. The van der Waals surface area contributed by atoms with Gasteiger partial charge in [0.15, 0.2) is 5.82 Å². The maximum absolute atomic E-state index is 11.9. The van der Waals surface area contributed by atoms with Crippen molar-refractivity contribution in [2.45, 2.75) is 19.8 Å². The summed E-state index contributed by atoms with van der Waals surface area (Å²) in [4.78, 5) is 11.9. The second-order valence-electron chi connectivity index (χ2n) is 4.21. The Bertz CT molecular complexity index is 563. The monoisotopic (exact) mass is 259 g/mol. The van der Waals surface area contributed by atoms with Crippen molar-refractivity contribution in [3.05, 3.63) is 41.6 Å². The quantitative estimate of drug-likeness (QED) is 0.864. The van der Waals surface area contributed by atoms with E-state index in [-0.39, 0.29) is 5.91 Å². The number of hydrogen-bond donors (Lipinski definition) is 2. The number of nitrogens with zero attached hydrogens (tertiary/aromatic N) is 1. The molecular formula is C14H17N3O2. The minimum atomic E-state index is -0.0950. The first-order chi connectivity index (χ1) is 9.21. The van der Waals surface area contributed by atoms with E-state index in [2.05, 4.69) is 15.5 Å². The fourth-order valence-electron chi connectivity index (χ4n) is 1.76. The highest BCUT2D eigenvalue weighted by Gasteiger charge is 2.07. The van der Waals surface area contributed by atoms with Gasteiger partial charge in [0.05, 0.1) is 13.5 Å². The van der Waals surface area contributed by atoms with Gasteiger partial charge in [0.2, 0.25) is 5.91 Å². The highest BCUT2D eigenvalue weighted by molar-refractivity contribution is 5.91. The van der Waals surface area contributed by atoms with Crippen molar-refractivity contribution in [1.29, 1.82) is 0 Å². The lowest BCUT2D eigenvalue weighted by atomic mass is 10.1. The predicted molar refractivity (Wildman–Crippen MR) is 73.3 cm³/mol. The van der Waals surface area contributed by atoms with Gasteiger partial charge in [0.25, 0.3) is 0 Å². The molecule has 0 spiro atoms. The largest absolute Gasteiger partial charge is 0.497 e. The zero-order valence-corrected chi connectivity index (χ0v) is 11.1. The maximum Gasteiger partial charge on any atom is 0.229 e. The van der Waals surface area contributed by atoms with Crippen LogP contribution in [0.4, 0.5) is 5.82 Å². The Morgan fingerprint density at radius 1 is 1.42 bits per heavy atom. The Morgan fingerprint density at radius 2 is 2.26 bits per heavy atom. The topological polar surface area (TPSA) is 67.0 Å². The Labute approximate surface area is 112 Å². The molecule has 0 radical (unpaired) electrons. The van der Waals surface area contributed by atoms with Gasteiger partial charge in [0.1, 0.15) is 5.75 Å². The van der Waals surface area contributed by atoms with E-state index in [9.17, 15) is 4.79 Å². The van der Waals surface area contributed by atoms with Gasteiger partial charge in [-0.2, -0.15) is 5.10 Å². The molecule has 1 aromatic carbocycles. The molecule has 0 saturated heterocycles. The summed E-state index contributed by atoms with van der Waals surface area (Å²) in [5.41, 5.74) is 1.90. The second-order valence-corrected chi connectivity index (χ2v) is 4.21. The van der Waals surface area contributed by atoms with Crippen LogP contribution in [0.15, 0.2) is 30.3 Å². The van der Waals surface area contributed by atoms with Gasteiger partial charge in [-0.15, -0.1) is 0 Å². The van der Waals surface area contributed by atoms with Gasteiger partial charge in [-0.05, 0) is 24.1 Å². The molecule has 0 fully saturated rings. The van der Waals surface area contributed by atoms with Gasteiger partial charge in [0, 0.05) is 11.8 Å². The first-order valence-corrected chi connectivity index (χ1v) is 6.18. The van der Waals surface area contributed by atoms with E-state index in [1.54, 1.807) is 7.11 Å². The normalized spacial score (nSPS) is 10.2. The lowest BCUT2D eigenvalue weighted by Gasteiger charge is -2.04. The molecule has 2 rings (SSSR count). The molecule has 2 aromatic rings. The molecule has 0 aliphatic carbocycles. The summed E-state index contributed by atoms with van der Waals surface area (Å²) in [6, 6.07) is 9.29. The molecule has 19 heavy (non-hydrogen) atoms. The Kier molecular flexibility index (Phi) is 4.18. The van der Waals surface area contributed by atoms with Crippen LogP contribution >= 0.6 is 0 Å². The number of aryl methyl sites for hydroxylation is 1. The van der Waals surface area contributed by atoms with E-state index in [4.69, 9.17) is 4.74 Å². The molecule has 0 bridgehead atoms. The van der Waals surface area contributed by atoms with Crippen LogP contribution < -0.4 is 10.1 Å². The zero-order chi connectivity index (χ0) is 13.7. The number of rotatable bonds is 5. The first-order valence-electron chi connectivity index (χ1n) is 6.18. The summed E-state index contributed by atoms with van der Waals surface area (Å²) in [6.45, 7) is 2.02. The third-order valence-corrected chi connectivity index (χ3v) is 2.78. The first kappa shape index (κ1) is 13.1. The Hall–Kier alpha value is -2.30. The third-order valence-electron chi connectivity index (χ3n) is 2.78. The van der Waals surface area contributed by atoms with Crippen LogP contribution in [0.25, 0.3) is 0 Å². The van der Waals surface area contributed by atoms with Crippen LogP contribution in [-0.2, 0) is 17.6 Å². The van der Waals surface area contributed by atoms with Crippen molar-refractivity contribution in [2.24, 2.45) is 0 Å². The van der Waals surface area contributed by atoms with Gasteiger partial charge < -0.3 is 10.1 Å². The molecule has 1 aromatic heterocycles. The second kappa shape index (κ2) is 6.04. The van der Waals surface area contributed by atoms with Gasteiger partial charge in [-0.3, -0.25) is 9.89 Å². The van der Waals surface area contributed by atoms with Crippen molar-refractivity contribution in [1.82, 2.24) is 10.2 Å². The third kappa shape index (κ3) is 3.58. The molecule has 0 atom stereocenters. The van der Waals surface area contributed by atoms with Gasteiger partial charge >= 0.3 is 0 Å². The van der Waals surface area contributed by atoms with Crippen LogP contribution in [0.2, 0.25) is 0 Å². The van der Waals surface area contributed by atoms with E-state index in [0.717, 1.165) is 23.4 Å². The predicted octanol–water partition coefficient (Wildman–Crippen LogP) is 2.16. The molecule has 2 N–H and O–H groups in total. The average molecular weight is 259 g/mol. The lowest BCUT2D eigenvalue weighted by Crippen LogP contribution is -2.14. The van der Waals surface area contributed by atoms with E-state index in [0.29, 0.717) is 12.2 Å². The van der Waals surface area contributed by atoms with Crippen LogP contribution in [0, 0.1) is 0 Å². The minimum absolute atomic E-state index is 0.0950. The average Bonchev–Trinajstić information content (AvgIpc) is 2.86. The van der Waals surface area contributed by atoms with E-state index in [1.165, 1.54) is 0 Å². The highest BCUT2D eigenvalue weighted by atomic mass is 16.5. The number of H-pyrrole nitrogens is 1. The molecule has 5 nitrogen and oxygen atoms in total. The number of ether oxygens (including phenoxy) is 1. The van der Waals surface area contributed by atoms with Crippen LogP contribution in [0.1, 0.15) is 18.2 Å². The van der Waals surface area contributed by atoms with Crippen molar-refractivity contribution in [2.75, 3.05) is 12.4 Å². The summed E-state index contributed by atoms with van der Waals surface area (Å²) >= 11 is 0. The molecule has 1 amide bonds. The molecule has 0 saturated carbocycles. The zero-order valence-electron chi connectivity index (χ0n) is 11.1. The molecule has 5 heteroatoms. The number of aromatic amines is 1. The highest BCUT2D eigenvalue weighted by Crippen LogP contribution is 2.13. The number of methoxy groups -OCH3 is 1. The van der Waals surface area contributed by atoms with Crippen LogP contribution in [-0.4, -0.2) is 23.2 Å². The summed E-state index contributed by atoms with van der Waals surface area (Å²) in [5.74, 6) is 1.21. The lowest BCUT2D eigenvalue weighted by molar-refractivity contribution is -0.115. The SMILES string of the molecule is CCc1cc(NC(=O)Cc2cccc(OC)c2)n[nH]1. The van der Waals surface area contributed by atoms with Gasteiger partial charge in [-0.1, -0.05) is 19.1 Å². The van der Waals surface area contributed by atoms with E-state index >= 15 is 0 Å². The number of nitrogens with one attached hydrogen (secondary N) is 2. The standard InChI is InChI=1S/C14H17N3O2/c1-3-11-9-13(17-16-11)15-14(18)8-10-5-4-6-12(7-10)19-2/h4-7,9H,3,8H2,1-2H3,(H2,15,16,17,18). The minimum Gasteiger partial charge on any atom is -0.497 e. The Balaban J connectivity index is 1.96. The molecule has 0 unspecified atom stereocenters. The number of amides is 1. The number of hydrogen-bond acceptors (Lipinski definition) is 3. The maximum atomic E-state index is 11.9. The van der Waals surface area contributed by atoms with E-state index < -0.39 is 0 Å². The number of carbonyl (C=O) groups excluding carboxylic acids is 1. The fraction of sp³-hybridized carbons (Fsp3) is 0.286. The number of aromatic nitrogens is 2. The number of carbonyl (C=O) groups is 1. The summed E-state index contributed by atoms with van der Waals surface area (Å²) in [7, 11) is 1.61. The molecule has 100 valence electrons. The van der Waals surface area contributed by atoms with Crippen molar-refractivity contribution in [3.8, 4) is 5.75 Å². The van der Waals surface area contributed by atoms with Crippen molar-refractivity contribution < 1.29 is 9.53 Å². The molecule has 1 heterocycles. The van der Waals surface area contributed by atoms with Crippen molar-refractivity contribution in [3.63, 3.8) is 0 Å². The smallest absolute Gasteiger partial charge is 0.229 e. The van der Waals surface area contributed by atoms with Crippen LogP contribution in [0.5, 0.6) is 5.75 Å². The summed E-state index contributed by atoms with van der Waals surface area (Å²) in [5, 5.41) is 9.64. The summed E-state index contributed by atoms with van der Waals surface area (Å²) in [6.07, 6.45) is 1.16.